The molecule has 0 atom stereocenters. The van der Waals surface area contributed by atoms with Gasteiger partial charge in [0.15, 0.2) is 11.6 Å². The van der Waals surface area contributed by atoms with Gasteiger partial charge < -0.3 is 9.32 Å². The Hall–Kier alpha value is -10.5. The molecule has 7 nitrogen and oxygen atoms in total. The lowest BCUT2D eigenvalue weighted by atomic mass is 9.91. The zero-order chi connectivity index (χ0) is 50.8. The quantitative estimate of drug-likeness (QED) is 0.133. The third-order valence-corrected chi connectivity index (χ3v) is 14.9. The number of furan rings is 1. The topological polar surface area (TPSA) is 71.2 Å². The molecule has 0 saturated carbocycles. The zero-order valence-corrected chi connectivity index (χ0v) is 41.5. The highest BCUT2D eigenvalue weighted by Gasteiger charge is 2.31. The van der Waals surface area contributed by atoms with Crippen molar-refractivity contribution in [3.8, 4) is 67.4 Å². The third kappa shape index (κ3) is 7.59. The molecule has 0 bridgehead atoms. The Kier molecular flexibility index (Phi) is 10.4. The van der Waals surface area contributed by atoms with Crippen molar-refractivity contribution >= 4 is 78.0 Å². The summed E-state index contributed by atoms with van der Waals surface area (Å²) in [4.78, 5) is 25.6. The maximum atomic E-state index is 6.47. The summed E-state index contributed by atoms with van der Waals surface area (Å²) in [6.45, 7) is 0. The second-order valence-corrected chi connectivity index (χ2v) is 19.4. The predicted octanol–water partition coefficient (Wildman–Crippen LogP) is 18.7. The summed E-state index contributed by atoms with van der Waals surface area (Å²) >= 11 is 0. The van der Waals surface area contributed by atoms with Crippen molar-refractivity contribution in [2.75, 3.05) is 9.80 Å². The summed E-state index contributed by atoms with van der Waals surface area (Å²) < 4.78 is 6.47. The summed E-state index contributed by atoms with van der Waals surface area (Å²) in [6.07, 6.45) is 0. The average molecular weight is 985 g/mol. The van der Waals surface area contributed by atoms with Gasteiger partial charge in [-0.05, 0) is 99.9 Å². The van der Waals surface area contributed by atoms with Crippen LogP contribution in [-0.4, -0.2) is 19.9 Å². The number of fused-ring (bicyclic) bond motifs is 7. The van der Waals surface area contributed by atoms with Gasteiger partial charge >= 0.3 is 0 Å². The van der Waals surface area contributed by atoms with Crippen LogP contribution in [0.1, 0.15) is 0 Å². The molecule has 0 spiro atoms. The molecule has 15 rings (SSSR count). The Morgan fingerprint density at radius 3 is 1.49 bits per heavy atom. The van der Waals surface area contributed by atoms with Gasteiger partial charge in [0.2, 0.25) is 5.95 Å². The molecule has 0 unspecified atom stereocenters. The van der Waals surface area contributed by atoms with E-state index in [1.54, 1.807) is 0 Å². The summed E-state index contributed by atoms with van der Waals surface area (Å²) in [5.41, 5.74) is 18.1. The second-order valence-electron chi connectivity index (χ2n) is 19.4. The van der Waals surface area contributed by atoms with Crippen LogP contribution in [-0.2, 0) is 0 Å². The van der Waals surface area contributed by atoms with E-state index in [0.717, 1.165) is 122 Å². The van der Waals surface area contributed by atoms with Crippen molar-refractivity contribution in [2.24, 2.45) is 0 Å². The third-order valence-electron chi connectivity index (χ3n) is 14.9. The highest BCUT2D eigenvalue weighted by Crippen LogP contribution is 2.52. The number of rotatable bonds is 9. The van der Waals surface area contributed by atoms with Crippen molar-refractivity contribution in [2.45, 2.75) is 0 Å². The van der Waals surface area contributed by atoms with E-state index in [0.29, 0.717) is 17.6 Å². The van der Waals surface area contributed by atoms with E-state index in [1.165, 1.54) is 5.56 Å². The fraction of sp³-hybridized carbons (Fsp3) is 0. The predicted molar refractivity (Wildman–Crippen MR) is 315 cm³/mol. The molecule has 7 heteroatoms. The van der Waals surface area contributed by atoms with Crippen LogP contribution in [0.15, 0.2) is 271 Å². The van der Waals surface area contributed by atoms with Gasteiger partial charge in [-0.25, -0.2) is 9.97 Å². The molecule has 11 aromatic carbocycles. The first-order valence-electron chi connectivity index (χ1n) is 25.9. The van der Waals surface area contributed by atoms with Gasteiger partial charge in [-0.2, -0.15) is 9.97 Å². The number of hydrogen-bond acceptors (Lipinski definition) is 7. The maximum absolute atomic E-state index is 6.47. The molecule has 4 heterocycles. The van der Waals surface area contributed by atoms with Gasteiger partial charge in [0.05, 0.1) is 22.6 Å². The maximum Gasteiger partial charge on any atom is 0.238 e. The first kappa shape index (κ1) is 44.0. The first-order valence-corrected chi connectivity index (χ1v) is 25.9. The number of benzene rings is 11. The molecule has 14 aromatic rings. The number of nitrogens with zero attached hydrogens (tertiary/aromatic N) is 6. The lowest BCUT2D eigenvalue weighted by Gasteiger charge is -2.32. The molecule has 0 radical (unpaired) electrons. The van der Waals surface area contributed by atoms with Gasteiger partial charge in [-0.3, -0.25) is 4.90 Å². The normalized spacial score (nSPS) is 11.9. The molecule has 0 saturated heterocycles. The fourth-order valence-electron chi connectivity index (χ4n) is 11.2. The Morgan fingerprint density at radius 1 is 0.325 bits per heavy atom. The van der Waals surface area contributed by atoms with Crippen molar-refractivity contribution < 1.29 is 4.42 Å². The van der Waals surface area contributed by atoms with Crippen molar-refractivity contribution in [3.63, 3.8) is 0 Å². The van der Waals surface area contributed by atoms with E-state index in [2.05, 4.69) is 204 Å². The van der Waals surface area contributed by atoms with E-state index in [4.69, 9.17) is 24.4 Å². The molecule has 1 aliphatic heterocycles. The molecule has 0 fully saturated rings. The highest BCUT2D eigenvalue weighted by atomic mass is 16.3. The molecule has 3 aromatic heterocycles. The van der Waals surface area contributed by atoms with E-state index >= 15 is 0 Å². The number of pyridine rings is 1. The van der Waals surface area contributed by atoms with Gasteiger partial charge in [0.25, 0.3) is 0 Å². The van der Waals surface area contributed by atoms with Crippen LogP contribution < -0.4 is 9.80 Å². The van der Waals surface area contributed by atoms with Crippen LogP contribution in [0.3, 0.4) is 0 Å². The molecular formula is C70H44N6O. The minimum Gasteiger partial charge on any atom is -0.455 e. The summed E-state index contributed by atoms with van der Waals surface area (Å²) in [5.74, 6) is 1.72. The fourth-order valence-corrected chi connectivity index (χ4v) is 11.2. The van der Waals surface area contributed by atoms with Gasteiger partial charge in [0, 0.05) is 60.9 Å². The molecule has 0 N–H and O–H groups in total. The van der Waals surface area contributed by atoms with Crippen LogP contribution >= 0.6 is 0 Å². The van der Waals surface area contributed by atoms with Crippen molar-refractivity contribution in [3.05, 3.63) is 267 Å². The molecule has 0 aliphatic carbocycles. The smallest absolute Gasteiger partial charge is 0.238 e. The van der Waals surface area contributed by atoms with Gasteiger partial charge in [0.1, 0.15) is 11.2 Å². The summed E-state index contributed by atoms with van der Waals surface area (Å²) in [6, 6.07) is 93.5. The zero-order valence-electron chi connectivity index (χ0n) is 41.5. The van der Waals surface area contributed by atoms with Crippen LogP contribution in [0.2, 0.25) is 0 Å². The Balaban J connectivity index is 0.852. The number of para-hydroxylation sites is 3. The Labute approximate surface area is 444 Å². The number of aromatic nitrogens is 4. The monoisotopic (exact) mass is 984 g/mol. The van der Waals surface area contributed by atoms with Crippen LogP contribution in [0.4, 0.5) is 34.4 Å². The lowest BCUT2D eigenvalue weighted by molar-refractivity contribution is 0.670. The van der Waals surface area contributed by atoms with Crippen LogP contribution in [0, 0.1) is 0 Å². The van der Waals surface area contributed by atoms with Crippen molar-refractivity contribution in [1.82, 2.24) is 19.9 Å². The second kappa shape index (κ2) is 18.2. The van der Waals surface area contributed by atoms with Gasteiger partial charge in [-0.1, -0.05) is 200 Å². The summed E-state index contributed by atoms with van der Waals surface area (Å²) in [5, 5.41) is 5.48. The van der Waals surface area contributed by atoms with E-state index in [9.17, 15) is 0 Å². The van der Waals surface area contributed by atoms with E-state index < -0.39 is 0 Å². The average Bonchev–Trinajstić information content (AvgIpc) is 4.09. The molecule has 1 aliphatic rings. The van der Waals surface area contributed by atoms with Crippen LogP contribution in [0.25, 0.3) is 111 Å². The van der Waals surface area contributed by atoms with Gasteiger partial charge in [-0.15, -0.1) is 0 Å². The minimum atomic E-state index is 0.527. The van der Waals surface area contributed by atoms with E-state index in [1.807, 2.05) is 72.8 Å². The standard InChI is InChI=1S/C70H44N6O/c1-4-16-45(17-5-1)46-30-37-52(38-31-46)75(54-41-34-48(35-42-54)55-24-14-26-59-57-23-11-13-29-64(57)77-67(55)59)53-39-32-47(33-40-53)51-36-43-62-60(44-51)66-65-58(56-22-10-12-27-61(56)71-66)25-15-28-63(65)76(62)70-73-68(49-18-6-2-7-19-49)72-69(74-70)50-20-8-3-9-21-50/h1-44H. The minimum absolute atomic E-state index is 0.527. The first-order chi connectivity index (χ1) is 38.2. The SMILES string of the molecule is c1ccc(-c2ccc(N(c3ccc(-c4ccc5c(c4)-c4nc6ccccc6c6cccc(c46)N5c4nc(-c5ccccc5)nc(-c5ccccc5)n4)cc3)c3ccc(-c4cccc5c4oc4ccccc45)cc3)cc2)cc1. The highest BCUT2D eigenvalue weighted by molar-refractivity contribution is 6.20. The number of hydrogen-bond donors (Lipinski definition) is 0. The largest absolute Gasteiger partial charge is 0.455 e. The summed E-state index contributed by atoms with van der Waals surface area (Å²) in [7, 11) is 0. The molecule has 0 amide bonds. The molecular weight excluding hydrogens is 941 g/mol. The Morgan fingerprint density at radius 2 is 0.831 bits per heavy atom. The van der Waals surface area contributed by atoms with Crippen LogP contribution in [0.5, 0.6) is 0 Å². The number of anilines is 6. The molecule has 77 heavy (non-hydrogen) atoms. The van der Waals surface area contributed by atoms with E-state index in [-0.39, 0.29) is 0 Å². The Bertz CT molecular complexity index is 4490. The molecule has 360 valence electrons. The lowest BCUT2D eigenvalue weighted by Crippen LogP contribution is -2.19. The van der Waals surface area contributed by atoms with Crippen molar-refractivity contribution in [1.29, 1.82) is 0 Å².